The van der Waals surface area contributed by atoms with Gasteiger partial charge in [-0.3, -0.25) is 0 Å². The molecule has 0 radical (unpaired) electrons. The van der Waals surface area contributed by atoms with Crippen LogP contribution in [0.15, 0.2) is 3.34 Å². The first-order valence-corrected chi connectivity index (χ1v) is 14.0. The Labute approximate surface area is 100.0 Å². The van der Waals surface area contributed by atoms with Crippen molar-refractivity contribution in [3.8, 4) is 0 Å². The third-order valence-corrected chi connectivity index (χ3v) is 15.8. The van der Waals surface area contributed by atoms with Crippen LogP contribution in [0.4, 0.5) is 0 Å². The Kier molecular flexibility index (Phi) is 9.87. The molecule has 90 valence electrons. The van der Waals surface area contributed by atoms with Crippen LogP contribution in [0, 0.1) is 0 Å². The summed E-state index contributed by atoms with van der Waals surface area (Å²) in [4.78, 5) is 0. The monoisotopic (exact) mass is 321 g/mol. The number of nitrogens with two attached hydrogens (primary N) is 1. The van der Waals surface area contributed by atoms with Gasteiger partial charge < -0.3 is 0 Å². The van der Waals surface area contributed by atoms with E-state index in [1.807, 2.05) is 0 Å². The van der Waals surface area contributed by atoms with E-state index in [0.29, 0.717) is 0 Å². The second-order valence-electron chi connectivity index (χ2n) is 4.66. The van der Waals surface area contributed by atoms with Gasteiger partial charge in [-0.2, -0.15) is 0 Å². The quantitative estimate of drug-likeness (QED) is 0.472. The van der Waals surface area contributed by atoms with E-state index in [4.69, 9.17) is 5.53 Å². The summed E-state index contributed by atoms with van der Waals surface area (Å²) in [6, 6.07) is 0. The fourth-order valence-electron chi connectivity index (χ4n) is 2.09. The molecule has 0 saturated carbocycles. The molecule has 0 unspecified atom stereocenters. The summed E-state index contributed by atoms with van der Waals surface area (Å²) in [5.41, 5.74) is 5.75. The Morgan fingerprint density at radius 2 is 1.13 bits per heavy atom. The molecule has 0 aliphatic heterocycles. The second-order valence-corrected chi connectivity index (χ2v) is 16.7. The molecule has 0 aromatic rings. The first-order chi connectivity index (χ1) is 7.24. The molecule has 0 saturated heterocycles. The zero-order valence-corrected chi connectivity index (χ0v) is 13.7. The van der Waals surface area contributed by atoms with E-state index in [9.17, 15) is 0 Å². The first kappa shape index (κ1) is 15.4. The van der Waals surface area contributed by atoms with Gasteiger partial charge >= 0.3 is 100 Å². The maximum absolute atomic E-state index is 5.75. The summed E-state index contributed by atoms with van der Waals surface area (Å²) in [5.74, 6) is 0. The third kappa shape index (κ3) is 6.54. The molecule has 0 aromatic heterocycles. The molecule has 2 N–H and O–H groups in total. The molecule has 0 bridgehead atoms. The van der Waals surface area contributed by atoms with Crippen LogP contribution < -0.4 is 5.53 Å². The molecular weight excluding hydrogens is 291 g/mol. The predicted molar refractivity (Wildman–Crippen MR) is 69.3 cm³/mol. The fourth-order valence-corrected chi connectivity index (χ4v) is 14.0. The topological polar surface area (TPSA) is 38.0 Å². The molecule has 0 amide bonds. The Balaban J connectivity index is 4.23. The zero-order valence-electron chi connectivity index (χ0n) is 10.9. The van der Waals surface area contributed by atoms with E-state index in [-0.39, 0.29) is 0 Å². The van der Waals surface area contributed by atoms with Crippen LogP contribution in [0.5, 0.6) is 0 Å². The third-order valence-electron chi connectivity index (χ3n) is 3.26. The van der Waals surface area contributed by atoms with Crippen LogP contribution in [0.1, 0.15) is 59.3 Å². The number of rotatable bonds is 10. The van der Waals surface area contributed by atoms with Gasteiger partial charge in [-0.05, 0) is 0 Å². The van der Waals surface area contributed by atoms with Gasteiger partial charge in [-0.15, -0.1) is 0 Å². The van der Waals surface area contributed by atoms with Crippen molar-refractivity contribution in [3.05, 3.63) is 0 Å². The Morgan fingerprint density at radius 3 is 1.33 bits per heavy atom. The minimum atomic E-state index is -2.21. The summed E-state index contributed by atoms with van der Waals surface area (Å²) in [7, 11) is 0. The van der Waals surface area contributed by atoms with Crippen LogP contribution >= 0.6 is 0 Å². The Morgan fingerprint density at radius 1 is 0.800 bits per heavy atom. The van der Waals surface area contributed by atoms with Gasteiger partial charge in [-0.25, -0.2) is 0 Å². The fraction of sp³-hybridized carbons (Fsp3) is 1.00. The molecular formula is C12H29N2Sn+. The van der Waals surface area contributed by atoms with E-state index in [2.05, 4.69) is 24.1 Å². The molecule has 0 aliphatic carbocycles. The summed E-state index contributed by atoms with van der Waals surface area (Å²) >= 11 is -2.21. The van der Waals surface area contributed by atoms with Crippen molar-refractivity contribution < 1.29 is 5.53 Å². The number of unbranched alkanes of at least 4 members (excludes halogenated alkanes) is 3. The molecule has 0 aliphatic rings. The van der Waals surface area contributed by atoms with Crippen LogP contribution in [-0.4, -0.2) is 18.7 Å². The molecule has 0 rings (SSSR count). The zero-order chi connectivity index (χ0) is 11.6. The van der Waals surface area contributed by atoms with Crippen molar-refractivity contribution in [3.63, 3.8) is 0 Å². The maximum atomic E-state index is 5.75. The van der Waals surface area contributed by atoms with Gasteiger partial charge in [0, 0.05) is 0 Å². The van der Waals surface area contributed by atoms with Gasteiger partial charge in [0.15, 0.2) is 0 Å². The summed E-state index contributed by atoms with van der Waals surface area (Å²) in [6.45, 7) is 6.81. The van der Waals surface area contributed by atoms with Gasteiger partial charge in [0.05, 0.1) is 0 Å². The number of hydrogen-bond donors (Lipinski definition) is 1. The molecule has 3 heteroatoms. The normalized spacial score (nSPS) is 11.7. The second kappa shape index (κ2) is 9.61. The van der Waals surface area contributed by atoms with Crippen molar-refractivity contribution in [2.24, 2.45) is 3.34 Å². The van der Waals surface area contributed by atoms with E-state index in [1.54, 1.807) is 0 Å². The van der Waals surface area contributed by atoms with Crippen LogP contribution in [-0.2, 0) is 0 Å². The van der Waals surface area contributed by atoms with Gasteiger partial charge in [0.1, 0.15) is 0 Å². The van der Waals surface area contributed by atoms with Crippen molar-refractivity contribution in [2.75, 3.05) is 0 Å². The molecule has 0 fully saturated rings. The Hall–Kier alpha value is 0.399. The van der Waals surface area contributed by atoms with Crippen molar-refractivity contribution in [2.45, 2.75) is 72.6 Å². The van der Waals surface area contributed by atoms with Gasteiger partial charge in [0.2, 0.25) is 0 Å². The van der Waals surface area contributed by atoms with Crippen LogP contribution in [0.2, 0.25) is 13.3 Å². The molecule has 0 heterocycles. The molecule has 0 aromatic carbocycles. The molecule has 2 nitrogen and oxygen atoms in total. The van der Waals surface area contributed by atoms with Crippen LogP contribution in [0.25, 0.3) is 0 Å². The minimum absolute atomic E-state index is 1.30. The SMILES string of the molecule is CCC[CH2][Sn]([CH2]CCC)([CH2]CCC)[N]=[NH2+]. The molecule has 0 atom stereocenters. The van der Waals surface area contributed by atoms with E-state index in [0.717, 1.165) is 0 Å². The van der Waals surface area contributed by atoms with Crippen molar-refractivity contribution in [1.82, 2.24) is 0 Å². The summed E-state index contributed by atoms with van der Waals surface area (Å²) in [5, 5.41) is 0. The summed E-state index contributed by atoms with van der Waals surface area (Å²) < 4.78 is 8.61. The Bertz CT molecular complexity index is 138. The molecule has 0 spiro atoms. The van der Waals surface area contributed by atoms with Gasteiger partial charge in [0.25, 0.3) is 0 Å². The van der Waals surface area contributed by atoms with Crippen LogP contribution in [0.3, 0.4) is 0 Å². The molecule has 15 heavy (non-hydrogen) atoms. The van der Waals surface area contributed by atoms with Crippen molar-refractivity contribution in [1.29, 1.82) is 0 Å². The summed E-state index contributed by atoms with van der Waals surface area (Å²) in [6.07, 6.45) is 7.95. The van der Waals surface area contributed by atoms with E-state index >= 15 is 0 Å². The first-order valence-electron chi connectivity index (χ1n) is 6.66. The standard InChI is InChI=1S/3C4H9.H2N2.Sn/c3*1-3-4-2;1-2;/h3*1,3-4H2,2H3;1H2;/q;;;;+1. The predicted octanol–water partition coefficient (Wildman–Crippen LogP) is 3.54. The van der Waals surface area contributed by atoms with Crippen molar-refractivity contribution >= 4 is 18.7 Å². The van der Waals surface area contributed by atoms with Gasteiger partial charge in [-0.1, -0.05) is 0 Å². The van der Waals surface area contributed by atoms with E-state index < -0.39 is 18.7 Å². The van der Waals surface area contributed by atoms with E-state index in [1.165, 1.54) is 51.8 Å². The number of nitrogens with zero attached hydrogens (tertiary/aromatic N) is 1. The average molecular weight is 320 g/mol. The average Bonchev–Trinajstić information content (AvgIpc) is 2.29. The number of hydrogen-bond acceptors (Lipinski definition) is 1.